The molecule has 0 bridgehead atoms. The summed E-state index contributed by atoms with van der Waals surface area (Å²) in [6.07, 6.45) is 0. The van der Waals surface area contributed by atoms with Crippen molar-refractivity contribution in [3.05, 3.63) is 44.9 Å². The third kappa shape index (κ3) is 3.02. The fourth-order valence-electron chi connectivity index (χ4n) is 1.65. The lowest BCUT2D eigenvalue weighted by Gasteiger charge is -2.05. The summed E-state index contributed by atoms with van der Waals surface area (Å²) in [4.78, 5) is 5.55. The van der Waals surface area contributed by atoms with Crippen LogP contribution in [0, 0.1) is 6.92 Å². The van der Waals surface area contributed by atoms with Crippen LogP contribution in [0.3, 0.4) is 0 Å². The molecule has 0 saturated heterocycles. The maximum Gasteiger partial charge on any atom is 0.140 e. The first-order valence-corrected chi connectivity index (χ1v) is 6.86. The van der Waals surface area contributed by atoms with Crippen LogP contribution >= 0.6 is 22.9 Å². The number of aromatic nitrogens is 1. The molecule has 1 heterocycles. The van der Waals surface area contributed by atoms with E-state index in [1.807, 2.05) is 32.0 Å². The molecular weight excluding hydrogens is 268 g/mol. The molecule has 2 rings (SSSR count). The lowest BCUT2D eigenvalue weighted by molar-refractivity contribution is 0.305. The van der Waals surface area contributed by atoms with Crippen LogP contribution in [0.4, 0.5) is 0 Å². The van der Waals surface area contributed by atoms with Crippen molar-refractivity contribution in [1.29, 1.82) is 0 Å². The van der Waals surface area contributed by atoms with Gasteiger partial charge in [-0.25, -0.2) is 4.98 Å². The van der Waals surface area contributed by atoms with Gasteiger partial charge >= 0.3 is 0 Å². The molecular formula is C13H15ClN2OS. The average Bonchev–Trinajstić information content (AvgIpc) is 2.70. The minimum absolute atomic E-state index is 0.0107. The molecule has 0 aliphatic carbocycles. The number of thiazole rings is 1. The van der Waals surface area contributed by atoms with E-state index in [2.05, 4.69) is 4.98 Å². The molecule has 3 nitrogen and oxygen atoms in total. The Hall–Kier alpha value is -1.10. The molecule has 0 amide bonds. The van der Waals surface area contributed by atoms with Gasteiger partial charge in [0.15, 0.2) is 0 Å². The highest BCUT2D eigenvalue weighted by Gasteiger charge is 2.11. The summed E-state index contributed by atoms with van der Waals surface area (Å²) in [6.45, 7) is 4.34. The number of ether oxygens (including phenoxy) is 1. The van der Waals surface area contributed by atoms with Crippen LogP contribution in [0.2, 0.25) is 5.02 Å². The number of rotatable bonds is 4. The van der Waals surface area contributed by atoms with Crippen molar-refractivity contribution in [2.75, 3.05) is 0 Å². The van der Waals surface area contributed by atoms with E-state index in [0.29, 0.717) is 17.4 Å². The van der Waals surface area contributed by atoms with Crippen LogP contribution in [0.1, 0.15) is 28.5 Å². The van der Waals surface area contributed by atoms with Crippen molar-refractivity contribution < 1.29 is 4.74 Å². The molecule has 0 aliphatic heterocycles. The Kier molecular flexibility index (Phi) is 4.22. The molecule has 2 aromatic rings. The first-order chi connectivity index (χ1) is 8.58. The monoisotopic (exact) mass is 282 g/mol. The number of nitrogens with two attached hydrogens (primary N) is 1. The molecule has 18 heavy (non-hydrogen) atoms. The third-order valence-corrected chi connectivity index (χ3v) is 4.12. The van der Waals surface area contributed by atoms with Crippen LogP contribution in [-0.2, 0) is 6.61 Å². The number of benzene rings is 1. The summed E-state index contributed by atoms with van der Waals surface area (Å²) in [5.41, 5.74) is 6.85. The number of nitrogens with zero attached hydrogens (tertiary/aromatic N) is 1. The molecule has 2 N–H and O–H groups in total. The van der Waals surface area contributed by atoms with Crippen molar-refractivity contribution in [2.45, 2.75) is 26.5 Å². The largest absolute Gasteiger partial charge is 0.485 e. The highest BCUT2D eigenvalue weighted by atomic mass is 35.5. The van der Waals surface area contributed by atoms with E-state index >= 15 is 0 Å². The van der Waals surface area contributed by atoms with Crippen molar-refractivity contribution in [3.8, 4) is 5.75 Å². The van der Waals surface area contributed by atoms with E-state index < -0.39 is 0 Å². The predicted molar refractivity (Wildman–Crippen MR) is 75.2 cm³/mol. The Morgan fingerprint density at radius 2 is 2.17 bits per heavy atom. The van der Waals surface area contributed by atoms with Crippen molar-refractivity contribution in [3.63, 3.8) is 0 Å². The van der Waals surface area contributed by atoms with E-state index in [1.165, 1.54) is 0 Å². The molecule has 1 unspecified atom stereocenters. The first-order valence-electron chi connectivity index (χ1n) is 5.67. The number of aryl methyl sites for hydroxylation is 1. The quantitative estimate of drug-likeness (QED) is 0.930. The molecule has 0 radical (unpaired) electrons. The second-order valence-electron chi connectivity index (χ2n) is 4.07. The fourth-order valence-corrected chi connectivity index (χ4v) is 2.78. The predicted octanol–water partition coefficient (Wildman–Crippen LogP) is 3.70. The molecule has 1 aromatic heterocycles. The molecule has 1 atom stereocenters. The van der Waals surface area contributed by atoms with Crippen LogP contribution in [0.15, 0.2) is 24.3 Å². The lowest BCUT2D eigenvalue weighted by atomic mass is 10.2. The Balaban J connectivity index is 2.07. The third-order valence-electron chi connectivity index (χ3n) is 2.48. The zero-order chi connectivity index (χ0) is 13.1. The maximum absolute atomic E-state index is 6.02. The van der Waals surface area contributed by atoms with E-state index in [4.69, 9.17) is 22.1 Å². The van der Waals surface area contributed by atoms with Crippen LogP contribution < -0.4 is 10.5 Å². The van der Waals surface area contributed by atoms with E-state index in [0.717, 1.165) is 15.6 Å². The summed E-state index contributed by atoms with van der Waals surface area (Å²) in [6, 6.07) is 7.42. The zero-order valence-corrected chi connectivity index (χ0v) is 11.9. The molecule has 5 heteroatoms. The summed E-state index contributed by atoms with van der Waals surface area (Å²) < 4.78 is 5.65. The number of halogens is 1. The van der Waals surface area contributed by atoms with Crippen LogP contribution in [0.5, 0.6) is 5.75 Å². The zero-order valence-electron chi connectivity index (χ0n) is 10.3. The molecule has 0 saturated carbocycles. The van der Waals surface area contributed by atoms with Gasteiger partial charge in [0.25, 0.3) is 0 Å². The second-order valence-corrected chi connectivity index (χ2v) is 5.59. The molecule has 0 fully saturated rings. The summed E-state index contributed by atoms with van der Waals surface area (Å²) in [5, 5.41) is 1.53. The van der Waals surface area contributed by atoms with Gasteiger partial charge in [-0.3, -0.25) is 0 Å². The molecule has 1 aromatic carbocycles. The van der Waals surface area contributed by atoms with Gasteiger partial charge < -0.3 is 10.5 Å². The highest BCUT2D eigenvalue weighted by Crippen LogP contribution is 2.27. The van der Waals surface area contributed by atoms with Gasteiger partial charge in [-0.2, -0.15) is 0 Å². The van der Waals surface area contributed by atoms with Gasteiger partial charge in [0.1, 0.15) is 17.4 Å². The van der Waals surface area contributed by atoms with Crippen molar-refractivity contribution >= 4 is 22.9 Å². The molecule has 0 aliphatic rings. The summed E-state index contributed by atoms with van der Waals surface area (Å²) in [5.74, 6) is 0.675. The number of hydrogen-bond donors (Lipinski definition) is 1. The SMILES string of the molecule is Cc1nc(COc2ccccc2Cl)sc1C(C)N. The summed E-state index contributed by atoms with van der Waals surface area (Å²) >= 11 is 7.60. The Morgan fingerprint density at radius 3 is 2.78 bits per heavy atom. The molecule has 96 valence electrons. The average molecular weight is 283 g/mol. The van der Waals surface area contributed by atoms with Crippen molar-refractivity contribution in [2.24, 2.45) is 5.73 Å². The van der Waals surface area contributed by atoms with Crippen LogP contribution in [0.25, 0.3) is 0 Å². The normalized spacial score (nSPS) is 12.4. The Bertz CT molecular complexity index is 540. The second kappa shape index (κ2) is 5.69. The minimum atomic E-state index is 0.0107. The lowest BCUT2D eigenvalue weighted by Crippen LogP contribution is -2.03. The van der Waals surface area contributed by atoms with Gasteiger partial charge in [0.05, 0.1) is 10.7 Å². The Morgan fingerprint density at radius 1 is 1.44 bits per heavy atom. The fraction of sp³-hybridized carbons (Fsp3) is 0.308. The van der Waals surface area contributed by atoms with Gasteiger partial charge in [0.2, 0.25) is 0 Å². The van der Waals surface area contributed by atoms with E-state index in [-0.39, 0.29) is 6.04 Å². The highest BCUT2D eigenvalue weighted by molar-refractivity contribution is 7.11. The van der Waals surface area contributed by atoms with Gasteiger partial charge in [0, 0.05) is 10.9 Å². The topological polar surface area (TPSA) is 48.1 Å². The number of hydrogen-bond acceptors (Lipinski definition) is 4. The van der Waals surface area contributed by atoms with Gasteiger partial charge in [-0.1, -0.05) is 23.7 Å². The van der Waals surface area contributed by atoms with Crippen molar-refractivity contribution in [1.82, 2.24) is 4.98 Å². The minimum Gasteiger partial charge on any atom is -0.485 e. The van der Waals surface area contributed by atoms with Gasteiger partial charge in [-0.15, -0.1) is 11.3 Å². The smallest absolute Gasteiger partial charge is 0.140 e. The summed E-state index contributed by atoms with van der Waals surface area (Å²) in [7, 11) is 0. The standard InChI is InChI=1S/C13H15ClN2OS/c1-8(15)13-9(2)16-12(18-13)7-17-11-6-4-3-5-10(11)14/h3-6,8H,7,15H2,1-2H3. The maximum atomic E-state index is 6.02. The van der Waals surface area contributed by atoms with Crippen LogP contribution in [-0.4, -0.2) is 4.98 Å². The van der Waals surface area contributed by atoms with E-state index in [1.54, 1.807) is 17.4 Å². The molecule has 0 spiro atoms. The number of para-hydroxylation sites is 1. The van der Waals surface area contributed by atoms with E-state index in [9.17, 15) is 0 Å². The first kappa shape index (κ1) is 13.3. The van der Waals surface area contributed by atoms with Gasteiger partial charge in [-0.05, 0) is 26.0 Å². The Labute approximate surface area is 116 Å².